The molecule has 0 aromatic rings. The number of carbonyl (C=O) groups is 1. The topological polar surface area (TPSA) is 193 Å². The lowest BCUT2D eigenvalue weighted by Gasteiger charge is -2.47. The Morgan fingerprint density at radius 2 is 1.67 bits per heavy atom. The number of carbonyl (C=O) groups excluding carboxylic acids is 1. The number of ether oxygens (including phenoxy) is 4. The molecule has 0 saturated carbocycles. The molecule has 2 saturated heterocycles. The van der Waals surface area contributed by atoms with Crippen LogP contribution >= 0.6 is 0 Å². The predicted octanol–water partition coefficient (Wildman–Crippen LogP) is -4.63. The normalized spacial score (nSPS) is 45.5. The molecule has 4 unspecified atom stereocenters. The number of aliphatic hydroxyl groups excluding tert-OH is 5. The van der Waals surface area contributed by atoms with Crippen molar-refractivity contribution in [2.45, 2.75) is 68.2 Å². The molecular formula is C15H28N2O10. The number of aliphatic hydroxyl groups is 5. The van der Waals surface area contributed by atoms with Gasteiger partial charge in [-0.25, -0.2) is 0 Å². The summed E-state index contributed by atoms with van der Waals surface area (Å²) in [6.07, 6.45) is -9.81. The van der Waals surface area contributed by atoms with Crippen molar-refractivity contribution in [2.75, 3.05) is 20.3 Å². The van der Waals surface area contributed by atoms with Crippen LogP contribution in [0.2, 0.25) is 0 Å². The van der Waals surface area contributed by atoms with Crippen LogP contribution in [0.25, 0.3) is 0 Å². The summed E-state index contributed by atoms with van der Waals surface area (Å²) in [6.45, 7) is 0.101. The molecular weight excluding hydrogens is 368 g/mol. The largest absolute Gasteiger partial charge is 0.394 e. The van der Waals surface area contributed by atoms with Crippen molar-refractivity contribution in [1.29, 1.82) is 0 Å². The van der Waals surface area contributed by atoms with E-state index in [4.69, 9.17) is 24.7 Å². The third-order valence-electron chi connectivity index (χ3n) is 4.71. The summed E-state index contributed by atoms with van der Waals surface area (Å²) in [7, 11) is 1.33. The van der Waals surface area contributed by atoms with E-state index in [-0.39, 0.29) is 0 Å². The summed E-state index contributed by atoms with van der Waals surface area (Å²) < 4.78 is 21.5. The summed E-state index contributed by atoms with van der Waals surface area (Å²) in [5, 5.41) is 52.0. The number of amides is 1. The van der Waals surface area contributed by atoms with Crippen molar-refractivity contribution in [3.05, 3.63) is 0 Å². The molecule has 2 fully saturated rings. The van der Waals surface area contributed by atoms with E-state index in [2.05, 4.69) is 5.32 Å². The average molecular weight is 396 g/mol. The minimum absolute atomic E-state index is 0.484. The van der Waals surface area contributed by atoms with Crippen molar-refractivity contribution in [3.63, 3.8) is 0 Å². The average Bonchev–Trinajstić information content (AvgIpc) is 2.63. The van der Waals surface area contributed by atoms with Crippen LogP contribution in [0.4, 0.5) is 0 Å². The Morgan fingerprint density at radius 1 is 1.07 bits per heavy atom. The van der Waals surface area contributed by atoms with E-state index in [0.717, 1.165) is 0 Å². The van der Waals surface area contributed by atoms with Crippen LogP contribution in [-0.2, 0) is 23.7 Å². The molecule has 12 heteroatoms. The zero-order valence-corrected chi connectivity index (χ0v) is 15.0. The third kappa shape index (κ3) is 4.74. The highest BCUT2D eigenvalue weighted by Gasteiger charge is 2.50. The Kier molecular flexibility index (Phi) is 7.88. The number of hydrogen-bond donors (Lipinski definition) is 7. The van der Waals surface area contributed by atoms with Gasteiger partial charge >= 0.3 is 0 Å². The maximum atomic E-state index is 11.3. The molecule has 8 N–H and O–H groups in total. The fraction of sp³-hybridized carbons (Fsp3) is 0.933. The first-order valence-corrected chi connectivity index (χ1v) is 8.52. The molecule has 158 valence electrons. The maximum Gasteiger partial charge on any atom is 0.217 e. The second-order valence-corrected chi connectivity index (χ2v) is 6.56. The quantitative estimate of drug-likeness (QED) is 0.228. The van der Waals surface area contributed by atoms with Crippen molar-refractivity contribution in [3.8, 4) is 0 Å². The van der Waals surface area contributed by atoms with E-state index >= 15 is 0 Å². The Bertz CT molecular complexity index is 495. The van der Waals surface area contributed by atoms with Crippen LogP contribution in [0, 0.1) is 0 Å². The molecule has 0 spiro atoms. The van der Waals surface area contributed by atoms with E-state index < -0.39 is 80.4 Å². The van der Waals surface area contributed by atoms with Crippen LogP contribution in [0.15, 0.2) is 0 Å². The first-order chi connectivity index (χ1) is 12.7. The first-order valence-electron chi connectivity index (χ1n) is 8.52. The van der Waals surface area contributed by atoms with Gasteiger partial charge in [0.05, 0.1) is 19.3 Å². The van der Waals surface area contributed by atoms with Gasteiger partial charge in [-0.05, 0) is 0 Å². The molecule has 1 amide bonds. The van der Waals surface area contributed by atoms with Gasteiger partial charge in [-0.2, -0.15) is 0 Å². The first kappa shape index (κ1) is 22.4. The van der Waals surface area contributed by atoms with Crippen LogP contribution in [0.3, 0.4) is 0 Å². The van der Waals surface area contributed by atoms with Gasteiger partial charge in [0.25, 0.3) is 0 Å². The predicted molar refractivity (Wildman–Crippen MR) is 87.0 cm³/mol. The lowest BCUT2D eigenvalue weighted by Crippen LogP contribution is -2.68. The Labute approximate surface area is 155 Å². The van der Waals surface area contributed by atoms with Gasteiger partial charge in [0.2, 0.25) is 5.91 Å². The van der Waals surface area contributed by atoms with Crippen molar-refractivity contribution >= 4 is 5.91 Å². The van der Waals surface area contributed by atoms with Crippen molar-refractivity contribution in [1.82, 2.24) is 5.32 Å². The third-order valence-corrected chi connectivity index (χ3v) is 4.71. The Balaban J connectivity index is 2.17. The van der Waals surface area contributed by atoms with Gasteiger partial charge in [-0.1, -0.05) is 0 Å². The lowest BCUT2D eigenvalue weighted by molar-refractivity contribution is -0.327. The minimum Gasteiger partial charge on any atom is -0.394 e. The highest BCUT2D eigenvalue weighted by molar-refractivity contribution is 5.73. The van der Waals surface area contributed by atoms with Crippen LogP contribution in [0.1, 0.15) is 6.92 Å². The molecule has 2 rings (SSSR count). The van der Waals surface area contributed by atoms with Gasteiger partial charge in [-0.15, -0.1) is 0 Å². The lowest BCUT2D eigenvalue weighted by atomic mass is 9.95. The van der Waals surface area contributed by atoms with Gasteiger partial charge in [-0.3, -0.25) is 4.79 Å². The van der Waals surface area contributed by atoms with Crippen molar-refractivity contribution < 1.29 is 49.3 Å². The molecule has 0 aromatic heterocycles. The molecule has 0 radical (unpaired) electrons. The molecule has 0 bridgehead atoms. The zero-order valence-electron chi connectivity index (χ0n) is 15.0. The minimum atomic E-state index is -1.57. The van der Waals surface area contributed by atoms with E-state index in [9.17, 15) is 30.3 Å². The molecule has 0 aromatic carbocycles. The number of nitrogens with one attached hydrogen (secondary N) is 1. The van der Waals surface area contributed by atoms with Crippen molar-refractivity contribution in [2.24, 2.45) is 5.73 Å². The van der Waals surface area contributed by atoms with E-state index in [1.54, 1.807) is 0 Å². The molecule has 0 aliphatic carbocycles. The standard InChI is InChI=1S/C15H28N2O10/c1-5(20)17-9-11(22)13(7(4-19)25-14(9)23)27-15-8(16)10(21)12(24-2)6(3-18)26-15/h6-15,18-19,21-23H,3-4,16H2,1-2H3,(H,17,20)/t6?,7?,8-,9-,10?,11?,12+,13+,14+,15-/m0/s1. The van der Waals surface area contributed by atoms with E-state index in [0.29, 0.717) is 0 Å². The molecule has 12 nitrogen and oxygen atoms in total. The highest BCUT2D eigenvalue weighted by atomic mass is 16.7. The van der Waals surface area contributed by atoms with Gasteiger partial charge < -0.3 is 55.5 Å². The summed E-state index contributed by atoms with van der Waals surface area (Å²) in [6, 6.07) is -2.32. The number of hydrogen-bond acceptors (Lipinski definition) is 11. The fourth-order valence-electron chi connectivity index (χ4n) is 3.30. The Morgan fingerprint density at radius 3 is 2.19 bits per heavy atom. The highest BCUT2D eigenvalue weighted by Crippen LogP contribution is 2.28. The van der Waals surface area contributed by atoms with Gasteiger partial charge in [0.15, 0.2) is 12.6 Å². The Hall–Kier alpha value is -0.930. The molecule has 2 heterocycles. The summed E-state index contributed by atoms with van der Waals surface area (Å²) in [5.41, 5.74) is 5.93. The van der Waals surface area contributed by atoms with Gasteiger partial charge in [0, 0.05) is 14.0 Å². The van der Waals surface area contributed by atoms with E-state index in [1.807, 2.05) is 0 Å². The maximum absolute atomic E-state index is 11.3. The number of nitrogens with two attached hydrogens (primary N) is 1. The molecule has 2 aliphatic rings. The van der Waals surface area contributed by atoms with Gasteiger partial charge in [0.1, 0.15) is 42.7 Å². The number of methoxy groups -OCH3 is 1. The molecule has 27 heavy (non-hydrogen) atoms. The fourth-order valence-corrected chi connectivity index (χ4v) is 3.30. The van der Waals surface area contributed by atoms with Crippen LogP contribution in [0.5, 0.6) is 0 Å². The summed E-state index contributed by atoms with van der Waals surface area (Å²) >= 11 is 0. The van der Waals surface area contributed by atoms with Crippen LogP contribution < -0.4 is 11.1 Å². The zero-order chi connectivity index (χ0) is 20.3. The smallest absolute Gasteiger partial charge is 0.217 e. The van der Waals surface area contributed by atoms with E-state index in [1.165, 1.54) is 14.0 Å². The SMILES string of the molecule is CO[C@@H]1C(CO)O[C@@H](O[C@@H]2C(CO)O[C@@H](O)[C@@H](NC(C)=O)C2O)[C@@H](N)C1O. The second-order valence-electron chi connectivity index (χ2n) is 6.56. The van der Waals surface area contributed by atoms with Crippen LogP contribution in [-0.4, -0.2) is 113 Å². The molecule has 2 aliphatic heterocycles. The summed E-state index contributed by atoms with van der Waals surface area (Å²) in [4.78, 5) is 11.3. The summed E-state index contributed by atoms with van der Waals surface area (Å²) in [5.74, 6) is -0.521. The monoisotopic (exact) mass is 396 g/mol. The second kappa shape index (κ2) is 9.52. The number of rotatable bonds is 6. The molecule has 10 atom stereocenters.